The van der Waals surface area contributed by atoms with Crippen LogP contribution in [0, 0.1) is 0 Å². The van der Waals surface area contributed by atoms with Crippen LogP contribution in [-0.2, 0) is 22.1 Å². The predicted octanol–water partition coefficient (Wildman–Crippen LogP) is 2.49. The third-order valence-electron chi connectivity index (χ3n) is 4.12. The van der Waals surface area contributed by atoms with Gasteiger partial charge in [0.25, 0.3) is 0 Å². The molecule has 1 aromatic heterocycles. The van der Waals surface area contributed by atoms with Gasteiger partial charge in [-0.05, 0) is 24.1 Å². The van der Waals surface area contributed by atoms with Crippen LogP contribution in [0.15, 0.2) is 28.7 Å². The van der Waals surface area contributed by atoms with Crippen LogP contribution in [0.25, 0.3) is 0 Å². The topological polar surface area (TPSA) is 117 Å². The molecule has 0 bridgehead atoms. The summed E-state index contributed by atoms with van der Waals surface area (Å²) in [5.74, 6) is 0.490. The number of carbonyl (C=O) groups is 1. The van der Waals surface area contributed by atoms with E-state index in [-0.39, 0.29) is 36.1 Å². The Morgan fingerprint density at radius 1 is 1.37 bits per heavy atom. The summed E-state index contributed by atoms with van der Waals surface area (Å²) in [5.41, 5.74) is 1.14. The van der Waals surface area contributed by atoms with Gasteiger partial charge in [0.1, 0.15) is 11.6 Å². The van der Waals surface area contributed by atoms with E-state index in [2.05, 4.69) is 48.7 Å². The highest BCUT2D eigenvalue weighted by molar-refractivity contribution is 9.10. The van der Waals surface area contributed by atoms with Crippen LogP contribution >= 0.6 is 15.9 Å². The molecule has 0 saturated carbocycles. The molecule has 1 heterocycles. The Morgan fingerprint density at radius 2 is 2.11 bits per heavy atom. The zero-order chi connectivity index (χ0) is 20.0. The van der Waals surface area contributed by atoms with E-state index < -0.39 is 9.84 Å². The van der Waals surface area contributed by atoms with E-state index in [0.717, 1.165) is 22.7 Å². The van der Waals surface area contributed by atoms with Crippen molar-refractivity contribution in [1.29, 1.82) is 0 Å². The van der Waals surface area contributed by atoms with E-state index >= 15 is 0 Å². The van der Waals surface area contributed by atoms with Crippen LogP contribution in [0.5, 0.6) is 0 Å². The number of hydrogen-bond donors (Lipinski definition) is 3. The van der Waals surface area contributed by atoms with Crippen molar-refractivity contribution in [3.63, 3.8) is 0 Å². The normalized spacial score (nSPS) is 13.8. The second-order valence-corrected chi connectivity index (χ2v) is 9.51. The van der Waals surface area contributed by atoms with Crippen LogP contribution in [0.2, 0.25) is 0 Å². The summed E-state index contributed by atoms with van der Waals surface area (Å²) >= 11 is 3.47. The molecule has 2 amide bonds. The van der Waals surface area contributed by atoms with Gasteiger partial charge in [-0.1, -0.05) is 41.9 Å². The SMILES string of the molecule is CCC(NC(=O)NCc1nc(CS(C)(=O)=O)n[nH]1)C(C)c1cccc(Br)c1. The van der Waals surface area contributed by atoms with Crippen molar-refractivity contribution in [2.75, 3.05) is 6.26 Å². The van der Waals surface area contributed by atoms with Gasteiger partial charge in [-0.2, -0.15) is 5.10 Å². The molecule has 0 spiro atoms. The molecule has 1 aromatic carbocycles. The van der Waals surface area contributed by atoms with Crippen molar-refractivity contribution in [3.8, 4) is 0 Å². The van der Waals surface area contributed by atoms with Crippen molar-refractivity contribution < 1.29 is 13.2 Å². The largest absolute Gasteiger partial charge is 0.335 e. The van der Waals surface area contributed by atoms with Crippen LogP contribution in [0.1, 0.15) is 43.4 Å². The molecule has 2 atom stereocenters. The minimum Gasteiger partial charge on any atom is -0.335 e. The molecular weight excluding hydrogens is 434 g/mol. The Hall–Kier alpha value is -1.94. The van der Waals surface area contributed by atoms with Gasteiger partial charge in [0.2, 0.25) is 0 Å². The number of hydrogen-bond acceptors (Lipinski definition) is 5. The van der Waals surface area contributed by atoms with E-state index in [1.54, 1.807) is 0 Å². The fourth-order valence-electron chi connectivity index (χ4n) is 2.70. The predicted molar refractivity (Wildman–Crippen MR) is 107 cm³/mol. The Morgan fingerprint density at radius 3 is 2.74 bits per heavy atom. The first-order chi connectivity index (χ1) is 12.7. The first-order valence-electron chi connectivity index (χ1n) is 8.55. The summed E-state index contributed by atoms with van der Waals surface area (Å²) in [4.78, 5) is 16.3. The van der Waals surface area contributed by atoms with Gasteiger partial charge in [0.15, 0.2) is 15.7 Å². The average Bonchev–Trinajstić information content (AvgIpc) is 3.02. The molecule has 0 aliphatic rings. The van der Waals surface area contributed by atoms with Crippen molar-refractivity contribution >= 4 is 31.8 Å². The highest BCUT2D eigenvalue weighted by Crippen LogP contribution is 2.24. The molecule has 10 heteroatoms. The van der Waals surface area contributed by atoms with E-state index in [9.17, 15) is 13.2 Å². The summed E-state index contributed by atoms with van der Waals surface area (Å²) in [6, 6.07) is 7.67. The van der Waals surface area contributed by atoms with Crippen molar-refractivity contribution in [1.82, 2.24) is 25.8 Å². The molecule has 3 N–H and O–H groups in total. The minimum absolute atomic E-state index is 0.0326. The number of nitrogens with zero attached hydrogens (tertiary/aromatic N) is 2. The number of carbonyl (C=O) groups excluding carboxylic acids is 1. The van der Waals surface area contributed by atoms with Gasteiger partial charge in [-0.25, -0.2) is 18.2 Å². The van der Waals surface area contributed by atoms with Gasteiger partial charge < -0.3 is 10.6 Å². The third-order valence-corrected chi connectivity index (χ3v) is 5.40. The van der Waals surface area contributed by atoms with Crippen LogP contribution in [-0.4, -0.2) is 41.9 Å². The van der Waals surface area contributed by atoms with E-state index in [1.165, 1.54) is 0 Å². The standard InChI is InChI=1S/C17H24BrN5O3S/c1-4-14(11(2)12-6-5-7-13(18)8-12)20-17(24)19-9-15-21-16(23-22-15)10-27(3,25)26/h5-8,11,14H,4,9-10H2,1-3H3,(H2,19,20,24)(H,21,22,23). The Balaban J connectivity index is 1.90. The lowest BCUT2D eigenvalue weighted by molar-refractivity contribution is 0.234. The molecule has 0 fully saturated rings. The molecule has 0 saturated heterocycles. The number of rotatable bonds is 8. The van der Waals surface area contributed by atoms with Crippen molar-refractivity contribution in [3.05, 3.63) is 46.0 Å². The Labute approximate surface area is 167 Å². The lowest BCUT2D eigenvalue weighted by Crippen LogP contribution is -2.44. The zero-order valence-electron chi connectivity index (χ0n) is 15.5. The molecule has 2 unspecified atom stereocenters. The van der Waals surface area contributed by atoms with Gasteiger partial charge in [-0.3, -0.25) is 5.10 Å². The summed E-state index contributed by atoms with van der Waals surface area (Å²) in [6.07, 6.45) is 1.90. The number of benzene rings is 1. The number of nitrogens with one attached hydrogen (secondary N) is 3. The second kappa shape index (κ2) is 9.32. The van der Waals surface area contributed by atoms with E-state index in [0.29, 0.717) is 5.82 Å². The van der Waals surface area contributed by atoms with Crippen molar-refractivity contribution in [2.24, 2.45) is 0 Å². The Kier molecular flexibility index (Phi) is 7.37. The van der Waals surface area contributed by atoms with Crippen molar-refractivity contribution in [2.45, 2.75) is 44.5 Å². The molecule has 0 aliphatic carbocycles. The maximum Gasteiger partial charge on any atom is 0.315 e. The fraction of sp³-hybridized carbons (Fsp3) is 0.471. The molecular formula is C17H24BrN5O3S. The summed E-state index contributed by atoms with van der Waals surface area (Å²) < 4.78 is 23.5. The lowest BCUT2D eigenvalue weighted by atomic mass is 9.92. The number of sulfone groups is 1. The molecule has 2 rings (SSSR count). The van der Waals surface area contributed by atoms with Gasteiger partial charge in [0.05, 0.1) is 6.54 Å². The average molecular weight is 458 g/mol. The van der Waals surface area contributed by atoms with Gasteiger partial charge in [-0.15, -0.1) is 0 Å². The number of amides is 2. The highest BCUT2D eigenvalue weighted by Gasteiger charge is 2.20. The van der Waals surface area contributed by atoms with E-state index in [4.69, 9.17) is 0 Å². The molecule has 0 radical (unpaired) electrons. The van der Waals surface area contributed by atoms with Crippen LogP contribution < -0.4 is 10.6 Å². The minimum atomic E-state index is -3.20. The molecule has 148 valence electrons. The molecule has 8 nitrogen and oxygen atoms in total. The third kappa shape index (κ3) is 6.94. The Bertz CT molecular complexity index is 884. The van der Waals surface area contributed by atoms with Crippen LogP contribution in [0.4, 0.5) is 4.79 Å². The summed E-state index contributed by atoms with van der Waals surface area (Å²) in [6.45, 7) is 4.22. The molecule has 2 aromatic rings. The maximum atomic E-state index is 12.2. The summed E-state index contributed by atoms with van der Waals surface area (Å²) in [5, 5.41) is 12.2. The van der Waals surface area contributed by atoms with Gasteiger partial charge in [0, 0.05) is 22.7 Å². The quantitative estimate of drug-likeness (QED) is 0.562. The first kappa shape index (κ1) is 21.4. The van der Waals surface area contributed by atoms with E-state index in [1.807, 2.05) is 31.2 Å². The van der Waals surface area contributed by atoms with Gasteiger partial charge >= 0.3 is 6.03 Å². The highest BCUT2D eigenvalue weighted by atomic mass is 79.9. The number of aromatic amines is 1. The maximum absolute atomic E-state index is 12.2. The number of urea groups is 1. The number of H-pyrrole nitrogens is 1. The number of halogens is 1. The molecule has 27 heavy (non-hydrogen) atoms. The first-order valence-corrected chi connectivity index (χ1v) is 11.4. The monoisotopic (exact) mass is 457 g/mol. The van der Waals surface area contributed by atoms with Crippen LogP contribution in [0.3, 0.4) is 0 Å². The second-order valence-electron chi connectivity index (χ2n) is 6.45. The fourth-order valence-corrected chi connectivity index (χ4v) is 3.71. The lowest BCUT2D eigenvalue weighted by Gasteiger charge is -2.24. The number of aromatic nitrogens is 3. The summed E-state index contributed by atoms with van der Waals surface area (Å²) in [7, 11) is -3.20. The zero-order valence-corrected chi connectivity index (χ0v) is 17.9. The molecule has 0 aliphatic heterocycles. The smallest absolute Gasteiger partial charge is 0.315 e.